The van der Waals surface area contributed by atoms with E-state index < -0.39 is 0 Å². The average Bonchev–Trinajstić information content (AvgIpc) is 2.13. The van der Waals surface area contributed by atoms with Crippen LogP contribution in [0, 0.1) is 0 Å². The van der Waals surface area contributed by atoms with Gasteiger partial charge in [0.15, 0.2) is 12.6 Å². The molecule has 2 heteroatoms. The van der Waals surface area contributed by atoms with Crippen molar-refractivity contribution in [2.45, 2.75) is 39.3 Å². The maximum absolute atomic E-state index is 5.40. The van der Waals surface area contributed by atoms with Crippen molar-refractivity contribution in [1.29, 1.82) is 0 Å². The van der Waals surface area contributed by atoms with Gasteiger partial charge in [0.05, 0.1) is 0 Å². The quantitative estimate of drug-likeness (QED) is 0.716. The first-order valence-corrected chi connectivity index (χ1v) is 5.07. The SMILES string of the molecule is CC1OC(c2ccc(C(C)C)cc2)O1. The van der Waals surface area contributed by atoms with Gasteiger partial charge in [0, 0.05) is 5.56 Å². The van der Waals surface area contributed by atoms with Gasteiger partial charge in [0.2, 0.25) is 0 Å². The highest BCUT2D eigenvalue weighted by Crippen LogP contribution is 2.31. The van der Waals surface area contributed by atoms with Crippen LogP contribution in [-0.4, -0.2) is 6.29 Å². The Morgan fingerprint density at radius 1 is 1.07 bits per heavy atom. The molecule has 2 rings (SSSR count). The number of benzene rings is 1. The highest BCUT2D eigenvalue weighted by Gasteiger charge is 2.28. The molecule has 0 bridgehead atoms. The summed E-state index contributed by atoms with van der Waals surface area (Å²) in [6.45, 7) is 6.28. The smallest absolute Gasteiger partial charge is 0.189 e. The Bertz CT molecular complexity index is 297. The lowest BCUT2D eigenvalue weighted by molar-refractivity contribution is -0.382. The first-order chi connectivity index (χ1) is 6.66. The highest BCUT2D eigenvalue weighted by atomic mass is 16.9. The van der Waals surface area contributed by atoms with E-state index >= 15 is 0 Å². The molecule has 1 fully saturated rings. The average molecular weight is 192 g/mol. The van der Waals surface area contributed by atoms with E-state index in [0.717, 1.165) is 5.56 Å². The lowest BCUT2D eigenvalue weighted by Gasteiger charge is -2.34. The fraction of sp³-hybridized carbons (Fsp3) is 0.500. The Hall–Kier alpha value is -0.860. The molecule has 0 atom stereocenters. The molecule has 14 heavy (non-hydrogen) atoms. The zero-order valence-corrected chi connectivity index (χ0v) is 8.86. The van der Waals surface area contributed by atoms with Crippen molar-refractivity contribution in [3.05, 3.63) is 35.4 Å². The summed E-state index contributed by atoms with van der Waals surface area (Å²) in [7, 11) is 0. The Labute approximate surface area is 84.8 Å². The molecule has 1 aromatic rings. The van der Waals surface area contributed by atoms with Crippen molar-refractivity contribution in [2.75, 3.05) is 0 Å². The van der Waals surface area contributed by atoms with E-state index in [1.54, 1.807) is 0 Å². The molecule has 0 amide bonds. The lowest BCUT2D eigenvalue weighted by atomic mass is 10.0. The third-order valence-corrected chi connectivity index (χ3v) is 2.51. The van der Waals surface area contributed by atoms with Crippen LogP contribution in [-0.2, 0) is 9.47 Å². The fourth-order valence-electron chi connectivity index (χ4n) is 1.55. The molecule has 0 spiro atoms. The van der Waals surface area contributed by atoms with Gasteiger partial charge in [0.1, 0.15) is 0 Å². The molecule has 1 heterocycles. The molecule has 0 N–H and O–H groups in total. The largest absolute Gasteiger partial charge is 0.320 e. The summed E-state index contributed by atoms with van der Waals surface area (Å²) in [4.78, 5) is 0. The normalized spacial score (nSPS) is 26.3. The third-order valence-electron chi connectivity index (χ3n) is 2.51. The maximum atomic E-state index is 5.40. The molecule has 2 nitrogen and oxygen atoms in total. The second-order valence-corrected chi connectivity index (χ2v) is 3.99. The second kappa shape index (κ2) is 3.71. The molecule has 0 saturated carbocycles. The van der Waals surface area contributed by atoms with Gasteiger partial charge in [0.25, 0.3) is 0 Å². The van der Waals surface area contributed by atoms with Crippen LogP contribution in [0.25, 0.3) is 0 Å². The van der Waals surface area contributed by atoms with E-state index in [2.05, 4.69) is 38.1 Å². The number of rotatable bonds is 2. The van der Waals surface area contributed by atoms with Crippen LogP contribution in [0.3, 0.4) is 0 Å². The van der Waals surface area contributed by atoms with Crippen LogP contribution in [0.4, 0.5) is 0 Å². The minimum atomic E-state index is -0.147. The van der Waals surface area contributed by atoms with Crippen molar-refractivity contribution in [3.8, 4) is 0 Å². The zero-order valence-electron chi connectivity index (χ0n) is 8.86. The highest BCUT2D eigenvalue weighted by molar-refractivity contribution is 5.25. The molecule has 0 aliphatic carbocycles. The van der Waals surface area contributed by atoms with Crippen LogP contribution >= 0.6 is 0 Å². The van der Waals surface area contributed by atoms with Gasteiger partial charge < -0.3 is 9.47 Å². The molecule has 0 radical (unpaired) electrons. The summed E-state index contributed by atoms with van der Waals surface area (Å²) in [5.41, 5.74) is 2.45. The van der Waals surface area contributed by atoms with E-state index in [1.807, 2.05) is 6.92 Å². The molecular weight excluding hydrogens is 176 g/mol. The van der Waals surface area contributed by atoms with Crippen LogP contribution in [0.15, 0.2) is 24.3 Å². The van der Waals surface area contributed by atoms with E-state index in [4.69, 9.17) is 9.47 Å². The van der Waals surface area contributed by atoms with Crippen molar-refractivity contribution in [1.82, 2.24) is 0 Å². The summed E-state index contributed by atoms with van der Waals surface area (Å²) in [6, 6.07) is 8.42. The molecule has 76 valence electrons. The van der Waals surface area contributed by atoms with E-state index in [0.29, 0.717) is 5.92 Å². The van der Waals surface area contributed by atoms with Crippen molar-refractivity contribution in [2.24, 2.45) is 0 Å². The predicted octanol–water partition coefficient (Wildman–Crippen LogP) is 3.20. The van der Waals surface area contributed by atoms with Gasteiger partial charge in [-0.1, -0.05) is 38.1 Å². The van der Waals surface area contributed by atoms with Crippen LogP contribution < -0.4 is 0 Å². The van der Waals surface area contributed by atoms with Gasteiger partial charge in [-0.05, 0) is 18.4 Å². The van der Waals surface area contributed by atoms with Crippen LogP contribution in [0.2, 0.25) is 0 Å². The van der Waals surface area contributed by atoms with E-state index in [1.165, 1.54) is 5.56 Å². The molecule has 0 unspecified atom stereocenters. The molecule has 1 saturated heterocycles. The van der Waals surface area contributed by atoms with Gasteiger partial charge in [-0.3, -0.25) is 0 Å². The maximum Gasteiger partial charge on any atom is 0.189 e. The minimum absolute atomic E-state index is 0.0511. The number of hydrogen-bond donors (Lipinski definition) is 0. The van der Waals surface area contributed by atoms with Crippen molar-refractivity contribution < 1.29 is 9.47 Å². The van der Waals surface area contributed by atoms with Gasteiger partial charge in [-0.2, -0.15) is 0 Å². The first kappa shape index (κ1) is 9.69. The second-order valence-electron chi connectivity index (χ2n) is 3.99. The molecule has 1 aliphatic rings. The summed E-state index contributed by atoms with van der Waals surface area (Å²) < 4.78 is 10.8. The van der Waals surface area contributed by atoms with E-state index in [9.17, 15) is 0 Å². The molecule has 0 aromatic heterocycles. The Morgan fingerprint density at radius 2 is 1.64 bits per heavy atom. The zero-order chi connectivity index (χ0) is 10.1. The Balaban J connectivity index is 2.07. The monoisotopic (exact) mass is 192 g/mol. The molecule has 1 aliphatic heterocycles. The third kappa shape index (κ3) is 1.81. The first-order valence-electron chi connectivity index (χ1n) is 5.07. The summed E-state index contributed by atoms with van der Waals surface area (Å²) in [6.07, 6.45) is -0.198. The minimum Gasteiger partial charge on any atom is -0.320 e. The van der Waals surface area contributed by atoms with Crippen LogP contribution in [0.1, 0.15) is 44.1 Å². The fourth-order valence-corrected chi connectivity index (χ4v) is 1.55. The number of hydrogen-bond acceptors (Lipinski definition) is 2. The topological polar surface area (TPSA) is 18.5 Å². The van der Waals surface area contributed by atoms with Crippen molar-refractivity contribution in [3.63, 3.8) is 0 Å². The van der Waals surface area contributed by atoms with Crippen LogP contribution in [0.5, 0.6) is 0 Å². The lowest BCUT2D eigenvalue weighted by Crippen LogP contribution is -2.31. The standard InChI is InChI=1S/C12H16O2/c1-8(2)10-4-6-11(7-5-10)12-13-9(3)14-12/h4-9,12H,1-3H3. The number of ether oxygens (including phenoxy) is 2. The molecular formula is C12H16O2. The summed E-state index contributed by atoms with van der Waals surface area (Å²) in [5, 5.41) is 0. The predicted molar refractivity (Wildman–Crippen MR) is 54.9 cm³/mol. The van der Waals surface area contributed by atoms with Crippen molar-refractivity contribution >= 4 is 0 Å². The van der Waals surface area contributed by atoms with Gasteiger partial charge >= 0.3 is 0 Å². The summed E-state index contributed by atoms with van der Waals surface area (Å²) in [5.74, 6) is 0.575. The van der Waals surface area contributed by atoms with E-state index in [-0.39, 0.29) is 12.6 Å². The Morgan fingerprint density at radius 3 is 2.07 bits per heavy atom. The Kier molecular flexibility index (Phi) is 2.57. The summed E-state index contributed by atoms with van der Waals surface area (Å²) >= 11 is 0. The van der Waals surface area contributed by atoms with Gasteiger partial charge in [-0.15, -0.1) is 0 Å². The van der Waals surface area contributed by atoms with Gasteiger partial charge in [-0.25, -0.2) is 0 Å². The molecule has 1 aromatic carbocycles.